The molecule has 7 heteroatoms. The van der Waals surface area contributed by atoms with E-state index in [1.165, 1.54) is 16.9 Å². The molecule has 0 spiro atoms. The third kappa shape index (κ3) is 3.62. The van der Waals surface area contributed by atoms with Gasteiger partial charge in [-0.1, -0.05) is 12.1 Å². The van der Waals surface area contributed by atoms with Gasteiger partial charge in [0, 0.05) is 38.0 Å². The zero-order valence-corrected chi connectivity index (χ0v) is 15.6. The fourth-order valence-electron chi connectivity index (χ4n) is 3.68. The van der Waals surface area contributed by atoms with Crippen molar-refractivity contribution in [3.05, 3.63) is 33.1 Å². The van der Waals surface area contributed by atoms with Crippen LogP contribution in [0.15, 0.2) is 10.6 Å². The predicted molar refractivity (Wildman–Crippen MR) is 95.7 cm³/mol. The van der Waals surface area contributed by atoms with Gasteiger partial charge < -0.3 is 9.42 Å². The summed E-state index contributed by atoms with van der Waals surface area (Å²) in [4.78, 5) is 23.7. The van der Waals surface area contributed by atoms with Gasteiger partial charge in [0.1, 0.15) is 0 Å². The quantitative estimate of drug-likeness (QED) is 0.842. The summed E-state index contributed by atoms with van der Waals surface area (Å²) in [5.74, 6) is 2.25. The molecule has 1 amide bonds. The Labute approximate surface area is 151 Å². The van der Waals surface area contributed by atoms with E-state index in [9.17, 15) is 4.79 Å². The van der Waals surface area contributed by atoms with Crippen LogP contribution in [0.5, 0.6) is 0 Å². The second kappa shape index (κ2) is 6.88. The normalized spacial score (nSPS) is 21.4. The number of piperazine rings is 1. The summed E-state index contributed by atoms with van der Waals surface area (Å²) < 4.78 is 5.02. The fourth-order valence-corrected chi connectivity index (χ4v) is 4.86. The fraction of sp³-hybridized carbons (Fsp3) is 0.611. The van der Waals surface area contributed by atoms with E-state index in [1.54, 1.807) is 18.3 Å². The van der Waals surface area contributed by atoms with Gasteiger partial charge in [0.25, 0.3) is 5.91 Å². The van der Waals surface area contributed by atoms with Crippen LogP contribution in [0.25, 0.3) is 0 Å². The lowest BCUT2D eigenvalue weighted by Gasteiger charge is -2.33. The summed E-state index contributed by atoms with van der Waals surface area (Å²) in [5, 5.41) is 3.95. The van der Waals surface area contributed by atoms with Gasteiger partial charge >= 0.3 is 0 Å². The molecule has 1 aliphatic carbocycles. The number of hydrogen-bond donors (Lipinski definition) is 0. The van der Waals surface area contributed by atoms with Gasteiger partial charge in [0.2, 0.25) is 5.89 Å². The molecule has 0 radical (unpaired) electrons. The minimum atomic E-state index is 0.196. The highest BCUT2D eigenvalue weighted by Gasteiger charge is 2.26. The predicted octanol–water partition coefficient (Wildman–Crippen LogP) is 2.52. The SMILES string of the molecule is Cc1nc(CN2CCN(C(=O)c3cc4c(s3)CC[C@H](C)C4)CC2)no1. The summed E-state index contributed by atoms with van der Waals surface area (Å²) in [5.41, 5.74) is 1.40. The molecule has 0 aromatic carbocycles. The van der Waals surface area contributed by atoms with Crippen LogP contribution < -0.4 is 0 Å². The first kappa shape index (κ1) is 16.7. The van der Waals surface area contributed by atoms with E-state index >= 15 is 0 Å². The first-order valence-corrected chi connectivity index (χ1v) is 9.82. The highest BCUT2D eigenvalue weighted by atomic mass is 32.1. The third-order valence-electron chi connectivity index (χ3n) is 5.13. The van der Waals surface area contributed by atoms with Gasteiger partial charge in [0.15, 0.2) is 5.82 Å². The molecular formula is C18H24N4O2S. The molecule has 25 heavy (non-hydrogen) atoms. The molecule has 3 heterocycles. The molecule has 1 saturated heterocycles. The maximum atomic E-state index is 12.8. The molecular weight excluding hydrogens is 336 g/mol. The average molecular weight is 360 g/mol. The lowest BCUT2D eigenvalue weighted by atomic mass is 9.90. The highest BCUT2D eigenvalue weighted by Crippen LogP contribution is 2.32. The maximum absolute atomic E-state index is 12.8. The maximum Gasteiger partial charge on any atom is 0.264 e. The van der Waals surface area contributed by atoms with Gasteiger partial charge in [-0.3, -0.25) is 9.69 Å². The average Bonchev–Trinajstić information content (AvgIpc) is 3.20. The molecule has 2 aromatic heterocycles. The number of aryl methyl sites for hydroxylation is 2. The molecule has 1 fully saturated rings. The number of fused-ring (bicyclic) bond motifs is 1. The van der Waals surface area contributed by atoms with Gasteiger partial charge in [-0.25, -0.2) is 0 Å². The van der Waals surface area contributed by atoms with Crippen LogP contribution in [0.1, 0.15) is 45.2 Å². The van der Waals surface area contributed by atoms with Crippen LogP contribution in [-0.2, 0) is 19.4 Å². The third-order valence-corrected chi connectivity index (χ3v) is 6.36. The van der Waals surface area contributed by atoms with Crippen molar-refractivity contribution in [3.63, 3.8) is 0 Å². The van der Waals surface area contributed by atoms with E-state index < -0.39 is 0 Å². The first-order chi connectivity index (χ1) is 12.1. The largest absolute Gasteiger partial charge is 0.340 e. The van der Waals surface area contributed by atoms with Crippen LogP contribution in [0.3, 0.4) is 0 Å². The van der Waals surface area contributed by atoms with Crippen molar-refractivity contribution < 1.29 is 9.32 Å². The number of carbonyl (C=O) groups is 1. The number of aromatic nitrogens is 2. The number of nitrogens with zero attached hydrogens (tertiary/aromatic N) is 4. The van der Waals surface area contributed by atoms with E-state index in [2.05, 4.69) is 28.0 Å². The lowest BCUT2D eigenvalue weighted by molar-refractivity contribution is 0.0629. The van der Waals surface area contributed by atoms with Crippen LogP contribution in [0.2, 0.25) is 0 Å². The molecule has 0 bridgehead atoms. The van der Waals surface area contributed by atoms with E-state index in [0.717, 1.165) is 55.6 Å². The molecule has 2 aromatic rings. The van der Waals surface area contributed by atoms with E-state index in [4.69, 9.17) is 4.52 Å². The van der Waals surface area contributed by atoms with Gasteiger partial charge in [-0.2, -0.15) is 4.98 Å². The van der Waals surface area contributed by atoms with Crippen molar-refractivity contribution in [1.29, 1.82) is 0 Å². The lowest BCUT2D eigenvalue weighted by Crippen LogP contribution is -2.48. The Kier molecular flexibility index (Phi) is 4.60. The number of rotatable bonds is 3. The van der Waals surface area contributed by atoms with Crippen LogP contribution in [-0.4, -0.2) is 52.0 Å². The standard InChI is InChI=1S/C18H24N4O2S/c1-12-3-4-15-14(9-12)10-16(25-15)18(23)22-7-5-21(6-8-22)11-17-19-13(2)24-20-17/h10,12H,3-9,11H2,1-2H3/t12-/m0/s1. The van der Waals surface area contributed by atoms with Gasteiger partial charge in [0.05, 0.1) is 11.4 Å². The van der Waals surface area contributed by atoms with Crippen molar-refractivity contribution in [3.8, 4) is 0 Å². The Morgan fingerprint density at radius 3 is 2.88 bits per heavy atom. The zero-order chi connectivity index (χ0) is 17.4. The minimum Gasteiger partial charge on any atom is -0.340 e. The molecule has 1 aliphatic heterocycles. The zero-order valence-electron chi connectivity index (χ0n) is 14.8. The number of hydrogen-bond acceptors (Lipinski definition) is 6. The van der Waals surface area contributed by atoms with Crippen LogP contribution in [0.4, 0.5) is 0 Å². The molecule has 6 nitrogen and oxygen atoms in total. The van der Waals surface area contributed by atoms with Crippen molar-refractivity contribution in [2.24, 2.45) is 5.92 Å². The van der Waals surface area contributed by atoms with Crippen molar-refractivity contribution >= 4 is 17.2 Å². The Balaban J connectivity index is 1.35. The minimum absolute atomic E-state index is 0.196. The van der Waals surface area contributed by atoms with Gasteiger partial charge in [-0.05, 0) is 36.8 Å². The molecule has 0 unspecified atom stereocenters. The summed E-state index contributed by atoms with van der Waals surface area (Å²) in [6.45, 7) is 8.00. The van der Waals surface area contributed by atoms with E-state index in [0.29, 0.717) is 12.4 Å². The first-order valence-electron chi connectivity index (χ1n) is 9.01. The molecule has 4 rings (SSSR count). The Morgan fingerprint density at radius 1 is 1.36 bits per heavy atom. The summed E-state index contributed by atoms with van der Waals surface area (Å²) in [7, 11) is 0. The summed E-state index contributed by atoms with van der Waals surface area (Å²) in [6.07, 6.45) is 3.50. The van der Waals surface area contributed by atoms with Crippen LogP contribution in [0, 0.1) is 12.8 Å². The Bertz CT molecular complexity index is 761. The second-order valence-electron chi connectivity index (χ2n) is 7.21. The second-order valence-corrected chi connectivity index (χ2v) is 8.34. The Hall–Kier alpha value is -1.73. The molecule has 134 valence electrons. The molecule has 0 saturated carbocycles. The van der Waals surface area contributed by atoms with Crippen molar-refractivity contribution in [2.75, 3.05) is 26.2 Å². The monoisotopic (exact) mass is 360 g/mol. The Morgan fingerprint density at radius 2 is 2.16 bits per heavy atom. The van der Waals surface area contributed by atoms with E-state index in [1.807, 2.05) is 4.90 Å². The van der Waals surface area contributed by atoms with Crippen molar-refractivity contribution in [2.45, 2.75) is 39.7 Å². The number of amides is 1. The highest BCUT2D eigenvalue weighted by molar-refractivity contribution is 7.14. The van der Waals surface area contributed by atoms with Crippen LogP contribution >= 0.6 is 11.3 Å². The topological polar surface area (TPSA) is 62.5 Å². The van der Waals surface area contributed by atoms with Gasteiger partial charge in [-0.15, -0.1) is 11.3 Å². The number of thiophene rings is 1. The summed E-state index contributed by atoms with van der Waals surface area (Å²) in [6, 6.07) is 2.15. The van der Waals surface area contributed by atoms with E-state index in [-0.39, 0.29) is 5.91 Å². The summed E-state index contributed by atoms with van der Waals surface area (Å²) >= 11 is 1.71. The smallest absolute Gasteiger partial charge is 0.264 e. The molecule has 1 atom stereocenters. The molecule has 0 N–H and O–H groups in total. The van der Waals surface area contributed by atoms with Crippen molar-refractivity contribution in [1.82, 2.24) is 19.9 Å². The number of carbonyl (C=O) groups excluding carboxylic acids is 1. The molecule has 2 aliphatic rings.